The number of pyridine rings is 2. The minimum absolute atomic E-state index is 0.266. The summed E-state index contributed by atoms with van der Waals surface area (Å²) >= 11 is 0. The largest absolute Gasteiger partial charge is 0.433 e. The molecule has 4 heterocycles. The van der Waals surface area contributed by atoms with E-state index in [1.807, 2.05) is 42.5 Å². The summed E-state index contributed by atoms with van der Waals surface area (Å²) in [4.78, 5) is 15.1. The number of alkyl halides is 3. The molecule has 0 saturated heterocycles. The maximum absolute atomic E-state index is 12.9. The lowest BCUT2D eigenvalue weighted by atomic mass is 10.2. The SMILES string of the molecule is FC(F)(F)c1cc2[nH]c(-c3cccc(Nc4ccc(-c5cccnn5)cn4)c3)nc2cn1. The van der Waals surface area contributed by atoms with Gasteiger partial charge in [-0.15, -0.1) is 0 Å². The highest BCUT2D eigenvalue weighted by Gasteiger charge is 2.32. The zero-order valence-corrected chi connectivity index (χ0v) is 16.3. The maximum atomic E-state index is 12.9. The van der Waals surface area contributed by atoms with E-state index in [4.69, 9.17) is 0 Å². The average Bonchev–Trinajstić information content (AvgIpc) is 3.23. The first-order valence-corrected chi connectivity index (χ1v) is 9.50. The van der Waals surface area contributed by atoms with Crippen LogP contribution in [0.2, 0.25) is 0 Å². The van der Waals surface area contributed by atoms with Gasteiger partial charge in [0.25, 0.3) is 0 Å². The summed E-state index contributed by atoms with van der Waals surface area (Å²) in [6, 6.07) is 15.6. The van der Waals surface area contributed by atoms with E-state index in [-0.39, 0.29) is 5.52 Å². The standard InChI is InChI=1S/C22H14F3N7/c23-22(24,25)19-10-17-18(12-26-19)31-21(30-17)13-3-1-4-15(9-13)29-20-7-6-14(11-27-20)16-5-2-8-28-32-16/h1-12H,(H,27,29)(H,30,31). The number of nitrogens with one attached hydrogen (secondary N) is 2. The Morgan fingerprint density at radius 2 is 1.78 bits per heavy atom. The third-order valence-electron chi connectivity index (χ3n) is 4.70. The molecule has 5 aromatic rings. The summed E-state index contributed by atoms with van der Waals surface area (Å²) < 4.78 is 38.7. The second kappa shape index (κ2) is 7.73. The van der Waals surface area contributed by atoms with Gasteiger partial charge in [0.1, 0.15) is 22.9 Å². The molecule has 0 saturated carbocycles. The number of halogens is 3. The van der Waals surface area contributed by atoms with E-state index in [1.165, 1.54) is 0 Å². The summed E-state index contributed by atoms with van der Waals surface area (Å²) in [6.45, 7) is 0. The van der Waals surface area contributed by atoms with Crippen LogP contribution in [0.25, 0.3) is 33.7 Å². The first-order chi connectivity index (χ1) is 15.5. The molecule has 0 aliphatic carbocycles. The molecule has 0 aliphatic rings. The summed E-state index contributed by atoms with van der Waals surface area (Å²) in [5.74, 6) is 1.06. The van der Waals surface area contributed by atoms with Gasteiger partial charge in [-0.2, -0.15) is 23.4 Å². The van der Waals surface area contributed by atoms with Crippen molar-refractivity contribution in [3.8, 4) is 22.6 Å². The smallest absolute Gasteiger partial charge is 0.340 e. The topological polar surface area (TPSA) is 92.3 Å². The second-order valence-corrected chi connectivity index (χ2v) is 6.92. The minimum Gasteiger partial charge on any atom is -0.340 e. The minimum atomic E-state index is -4.51. The van der Waals surface area contributed by atoms with Crippen molar-refractivity contribution in [2.75, 3.05) is 5.32 Å². The number of hydrogen-bond acceptors (Lipinski definition) is 6. The second-order valence-electron chi connectivity index (χ2n) is 6.92. The summed E-state index contributed by atoms with van der Waals surface area (Å²) in [7, 11) is 0. The quantitative estimate of drug-likeness (QED) is 0.403. The van der Waals surface area contributed by atoms with Crippen LogP contribution in [0.5, 0.6) is 0 Å². The van der Waals surface area contributed by atoms with Crippen molar-refractivity contribution in [1.82, 2.24) is 30.1 Å². The van der Waals surface area contributed by atoms with Crippen LogP contribution >= 0.6 is 0 Å². The molecule has 0 spiro atoms. The highest BCUT2D eigenvalue weighted by Crippen LogP contribution is 2.30. The van der Waals surface area contributed by atoms with Crippen LogP contribution in [-0.2, 0) is 6.18 Å². The molecular formula is C22H14F3N7. The Balaban J connectivity index is 1.39. The first-order valence-electron chi connectivity index (χ1n) is 9.50. The van der Waals surface area contributed by atoms with Gasteiger partial charge in [-0.05, 0) is 42.5 Å². The first kappa shape index (κ1) is 19.6. The predicted molar refractivity (Wildman–Crippen MR) is 113 cm³/mol. The van der Waals surface area contributed by atoms with E-state index < -0.39 is 11.9 Å². The molecule has 0 atom stereocenters. The lowest BCUT2D eigenvalue weighted by Crippen LogP contribution is -2.07. The zero-order valence-electron chi connectivity index (χ0n) is 16.3. The maximum Gasteiger partial charge on any atom is 0.433 e. The van der Waals surface area contributed by atoms with E-state index >= 15 is 0 Å². The number of H-pyrrole nitrogens is 1. The summed E-state index contributed by atoms with van der Waals surface area (Å²) in [6.07, 6.45) is -0.101. The van der Waals surface area contributed by atoms with Crippen molar-refractivity contribution >= 4 is 22.5 Å². The van der Waals surface area contributed by atoms with Crippen molar-refractivity contribution in [3.05, 3.63) is 78.9 Å². The highest BCUT2D eigenvalue weighted by atomic mass is 19.4. The van der Waals surface area contributed by atoms with Crippen molar-refractivity contribution in [2.45, 2.75) is 6.18 Å². The molecule has 2 N–H and O–H groups in total. The van der Waals surface area contributed by atoms with E-state index in [9.17, 15) is 13.2 Å². The van der Waals surface area contributed by atoms with Gasteiger partial charge in [-0.25, -0.2) is 15.0 Å². The molecule has 5 rings (SSSR count). The Labute approximate surface area is 179 Å². The summed E-state index contributed by atoms with van der Waals surface area (Å²) in [5.41, 5.74) is 2.67. The molecule has 0 fully saturated rings. The molecule has 0 unspecified atom stereocenters. The van der Waals surface area contributed by atoms with Gasteiger partial charge >= 0.3 is 6.18 Å². The Morgan fingerprint density at radius 3 is 2.53 bits per heavy atom. The van der Waals surface area contributed by atoms with Gasteiger partial charge in [-0.3, -0.25) is 0 Å². The third-order valence-corrected chi connectivity index (χ3v) is 4.70. The van der Waals surface area contributed by atoms with Gasteiger partial charge in [0.2, 0.25) is 0 Å². The molecule has 1 aromatic carbocycles. The number of imidazole rings is 1. The van der Waals surface area contributed by atoms with Crippen LogP contribution in [0.3, 0.4) is 0 Å². The van der Waals surface area contributed by atoms with E-state index in [0.29, 0.717) is 22.7 Å². The van der Waals surface area contributed by atoms with E-state index in [2.05, 4.69) is 35.5 Å². The molecule has 4 aromatic heterocycles. The van der Waals surface area contributed by atoms with Crippen LogP contribution in [0.15, 0.2) is 73.2 Å². The Hall–Kier alpha value is -4.34. The van der Waals surface area contributed by atoms with Crippen LogP contribution in [0.4, 0.5) is 24.7 Å². The monoisotopic (exact) mass is 433 g/mol. The van der Waals surface area contributed by atoms with Gasteiger partial charge in [0.05, 0.1) is 17.4 Å². The number of rotatable bonds is 4. The molecule has 7 nitrogen and oxygen atoms in total. The van der Waals surface area contributed by atoms with Crippen LogP contribution in [0.1, 0.15) is 5.69 Å². The molecule has 158 valence electrons. The van der Waals surface area contributed by atoms with Crippen LogP contribution in [0, 0.1) is 0 Å². The number of benzene rings is 1. The van der Waals surface area contributed by atoms with Gasteiger partial charge in [0.15, 0.2) is 0 Å². The highest BCUT2D eigenvalue weighted by molar-refractivity contribution is 5.80. The number of anilines is 2. The predicted octanol–water partition coefficient (Wildman–Crippen LogP) is 5.24. The number of hydrogen-bond donors (Lipinski definition) is 2. The number of aromatic amines is 1. The summed E-state index contributed by atoms with van der Waals surface area (Å²) in [5, 5.41) is 11.1. The number of nitrogens with zero attached hydrogens (tertiary/aromatic N) is 5. The molecule has 0 bridgehead atoms. The van der Waals surface area contributed by atoms with Crippen LogP contribution in [-0.4, -0.2) is 30.1 Å². The fourth-order valence-electron chi connectivity index (χ4n) is 3.17. The average molecular weight is 433 g/mol. The van der Waals surface area contributed by atoms with Gasteiger partial charge in [0, 0.05) is 29.2 Å². The van der Waals surface area contributed by atoms with Crippen LogP contribution < -0.4 is 5.32 Å². The van der Waals surface area contributed by atoms with Crippen molar-refractivity contribution in [1.29, 1.82) is 0 Å². The van der Waals surface area contributed by atoms with Crippen molar-refractivity contribution in [2.24, 2.45) is 0 Å². The fraction of sp³-hybridized carbons (Fsp3) is 0.0455. The zero-order chi connectivity index (χ0) is 22.1. The van der Waals surface area contributed by atoms with Gasteiger partial charge in [-0.1, -0.05) is 12.1 Å². The molecular weight excluding hydrogens is 419 g/mol. The molecule has 0 amide bonds. The normalized spacial score (nSPS) is 11.6. The lowest BCUT2D eigenvalue weighted by molar-refractivity contribution is -0.141. The number of aromatic nitrogens is 6. The van der Waals surface area contributed by atoms with E-state index in [0.717, 1.165) is 29.2 Å². The van der Waals surface area contributed by atoms with Crippen molar-refractivity contribution < 1.29 is 13.2 Å². The Bertz CT molecular complexity index is 1380. The lowest BCUT2D eigenvalue weighted by Gasteiger charge is -2.07. The van der Waals surface area contributed by atoms with Crippen molar-refractivity contribution in [3.63, 3.8) is 0 Å². The third kappa shape index (κ3) is 3.97. The molecule has 0 aliphatic heterocycles. The molecule has 0 radical (unpaired) electrons. The number of fused-ring (bicyclic) bond motifs is 1. The van der Waals surface area contributed by atoms with E-state index in [1.54, 1.807) is 18.5 Å². The molecule has 32 heavy (non-hydrogen) atoms. The fourth-order valence-corrected chi connectivity index (χ4v) is 3.17. The Kier molecular flexibility index (Phi) is 4.74. The molecule has 10 heteroatoms. The Morgan fingerprint density at radius 1 is 0.875 bits per heavy atom. The van der Waals surface area contributed by atoms with Gasteiger partial charge < -0.3 is 10.3 Å².